The van der Waals surface area contributed by atoms with Gasteiger partial charge in [-0.25, -0.2) is 0 Å². The van der Waals surface area contributed by atoms with Crippen molar-refractivity contribution in [1.29, 1.82) is 0 Å². The molecule has 14 heteroatoms. The van der Waals surface area contributed by atoms with Crippen LogP contribution in [0.1, 0.15) is 16.7 Å². The van der Waals surface area contributed by atoms with Crippen LogP contribution in [0.2, 0.25) is 0 Å². The predicted octanol–water partition coefficient (Wildman–Crippen LogP) is 8.66. The fraction of sp³-hybridized carbons (Fsp3) is 0.280. The molecule has 0 fully saturated rings. The van der Waals surface area contributed by atoms with Crippen molar-refractivity contribution in [3.05, 3.63) is 89.5 Å². The first-order chi connectivity index (χ1) is 17.7. The quantitative estimate of drug-likeness (QED) is 0.147. The molecule has 0 atom stereocenters. The standard InChI is InChI=1S/C25H21F9O3S2/c1-16-4-10-19(11-5-16)38(20-12-6-17(2)7-13-20,21-14-8-18(3)9-15-21)37-39(35,36)25(33,34)23(28,29)22(26,27)24(30,31)32/h4-15H,1-3H3/p+1. The summed E-state index contributed by atoms with van der Waals surface area (Å²) >= 11 is 0. The molecule has 0 bridgehead atoms. The summed E-state index contributed by atoms with van der Waals surface area (Å²) in [6.07, 6.45) is -7.19. The zero-order chi connectivity index (χ0) is 29.7. The van der Waals surface area contributed by atoms with Gasteiger partial charge in [0.2, 0.25) is 0 Å². The Morgan fingerprint density at radius 1 is 0.513 bits per heavy atom. The SMILES string of the molecule is Cc1ccc(S([OH+]S(=O)(=O)C(F)(F)C(F)(F)C(F)(F)C(F)(F)F)(c2ccc(C)cc2)c2ccc(C)cc2)cc1. The van der Waals surface area contributed by atoms with Gasteiger partial charge in [0.1, 0.15) is 0 Å². The molecule has 3 aromatic carbocycles. The molecular weight excluding hydrogens is 583 g/mol. The number of alkyl halides is 9. The van der Waals surface area contributed by atoms with E-state index in [-0.39, 0.29) is 14.7 Å². The number of hydrogen-bond acceptors (Lipinski definition) is 2. The summed E-state index contributed by atoms with van der Waals surface area (Å²) in [4.78, 5) is -0.233. The Hall–Kier alpha value is -2.71. The maximum atomic E-state index is 14.9. The van der Waals surface area contributed by atoms with E-state index in [1.54, 1.807) is 20.8 Å². The van der Waals surface area contributed by atoms with Gasteiger partial charge in [0, 0.05) is 0 Å². The molecule has 0 aliphatic carbocycles. The molecule has 3 nitrogen and oxygen atoms in total. The van der Waals surface area contributed by atoms with E-state index in [4.69, 9.17) is 0 Å². The van der Waals surface area contributed by atoms with Gasteiger partial charge in [0.25, 0.3) is 0 Å². The van der Waals surface area contributed by atoms with E-state index in [9.17, 15) is 47.9 Å². The summed E-state index contributed by atoms with van der Waals surface area (Å²) in [6.45, 7) is 4.92. The lowest BCUT2D eigenvalue weighted by atomic mass is 10.1. The van der Waals surface area contributed by atoms with E-state index in [0.29, 0.717) is 16.7 Å². The Morgan fingerprint density at radius 2 is 0.795 bits per heavy atom. The largest absolute Gasteiger partial charge is 0.486 e. The van der Waals surface area contributed by atoms with Crippen molar-refractivity contribution in [1.82, 2.24) is 0 Å². The molecule has 0 unspecified atom stereocenters. The van der Waals surface area contributed by atoms with E-state index in [1.165, 1.54) is 72.8 Å². The molecule has 0 aliphatic heterocycles. The fourth-order valence-electron chi connectivity index (χ4n) is 3.46. The highest BCUT2D eigenvalue weighted by Crippen LogP contribution is 2.69. The van der Waals surface area contributed by atoms with E-state index >= 15 is 0 Å². The first kappa shape index (κ1) is 30.8. The number of hydrogen-bond donors (Lipinski definition) is 0. The van der Waals surface area contributed by atoms with Crippen molar-refractivity contribution in [3.63, 3.8) is 0 Å². The van der Waals surface area contributed by atoms with E-state index in [1.807, 2.05) is 0 Å². The second-order valence-corrected chi connectivity index (χ2v) is 13.4. The van der Waals surface area contributed by atoms with Crippen LogP contribution in [-0.2, 0) is 10.1 Å². The molecule has 3 rings (SSSR count). The highest BCUT2D eigenvalue weighted by molar-refractivity contribution is 8.32. The smallest absolute Gasteiger partial charge is 0.257 e. The minimum atomic E-state index is -7.40. The lowest BCUT2D eigenvalue weighted by Gasteiger charge is -2.37. The second kappa shape index (κ2) is 10.0. The molecule has 0 heterocycles. The van der Waals surface area contributed by atoms with E-state index < -0.39 is 43.7 Å². The van der Waals surface area contributed by atoms with Gasteiger partial charge in [-0.2, -0.15) is 39.5 Å². The molecule has 0 aliphatic rings. The Morgan fingerprint density at radius 3 is 1.05 bits per heavy atom. The molecule has 1 N–H and O–H groups in total. The van der Waals surface area contributed by atoms with Gasteiger partial charge in [-0.15, -0.1) is 8.42 Å². The number of halogens is 9. The van der Waals surface area contributed by atoms with Crippen molar-refractivity contribution in [2.75, 3.05) is 0 Å². The first-order valence-electron chi connectivity index (χ1n) is 10.9. The first-order valence-corrected chi connectivity index (χ1v) is 14.0. The third kappa shape index (κ3) is 5.13. The average Bonchev–Trinajstić information content (AvgIpc) is 2.83. The van der Waals surface area contributed by atoms with Gasteiger partial charge < -0.3 is 0 Å². The molecule has 0 amide bonds. The minimum Gasteiger partial charge on any atom is -0.257 e. The highest BCUT2D eigenvalue weighted by Gasteiger charge is 2.88. The molecule has 39 heavy (non-hydrogen) atoms. The van der Waals surface area contributed by atoms with Gasteiger partial charge in [0.05, 0.1) is 25.0 Å². The molecule has 214 valence electrons. The predicted molar refractivity (Wildman–Crippen MR) is 128 cm³/mol. The molecule has 0 radical (unpaired) electrons. The Labute approximate surface area is 220 Å². The van der Waals surface area contributed by atoms with Crippen LogP contribution in [0.5, 0.6) is 0 Å². The van der Waals surface area contributed by atoms with Crippen molar-refractivity contribution < 1.29 is 51.6 Å². The Kier molecular flexibility index (Phi) is 7.94. The average molecular weight is 606 g/mol. The summed E-state index contributed by atoms with van der Waals surface area (Å²) < 4.78 is 153. The Balaban J connectivity index is 2.38. The van der Waals surface area contributed by atoms with Gasteiger partial charge in [-0.05, 0) is 57.2 Å². The summed E-state index contributed by atoms with van der Waals surface area (Å²) in [5.74, 6) is -14.8. The van der Waals surface area contributed by atoms with Crippen molar-refractivity contribution in [3.8, 4) is 0 Å². The topological polar surface area (TPSA) is 46.9 Å². The molecule has 0 saturated carbocycles. The van der Waals surface area contributed by atoms with E-state index in [2.05, 4.69) is 3.63 Å². The van der Waals surface area contributed by atoms with Crippen LogP contribution in [0, 0.1) is 20.8 Å². The summed E-state index contributed by atoms with van der Waals surface area (Å²) in [7, 11) is -11.0. The van der Waals surface area contributed by atoms with Crippen LogP contribution in [0.15, 0.2) is 87.5 Å². The summed E-state index contributed by atoms with van der Waals surface area (Å²) in [6, 6.07) is 16.5. The maximum Gasteiger partial charge on any atom is 0.486 e. The summed E-state index contributed by atoms with van der Waals surface area (Å²) in [5, 5.41) is -6.96. The van der Waals surface area contributed by atoms with Gasteiger partial charge >= 0.3 is 33.4 Å². The number of benzene rings is 3. The molecule has 0 aromatic heterocycles. The Bertz CT molecular complexity index is 1310. The van der Waals surface area contributed by atoms with Crippen LogP contribution in [0.25, 0.3) is 0 Å². The molecule has 0 saturated heterocycles. The lowest BCUT2D eigenvalue weighted by molar-refractivity contribution is -0.382. The number of aryl methyl sites for hydroxylation is 3. The van der Waals surface area contributed by atoms with Crippen LogP contribution in [-0.4, -0.2) is 35.3 Å². The molecular formula is C25H22F9O3S2+. The highest BCUT2D eigenvalue weighted by atomic mass is 32.3. The number of rotatable bonds is 8. The van der Waals surface area contributed by atoms with Crippen molar-refractivity contribution in [2.24, 2.45) is 0 Å². The normalized spacial score (nSPS) is 14.4. The van der Waals surface area contributed by atoms with Gasteiger partial charge in [-0.3, -0.25) is 3.63 Å². The third-order valence-corrected chi connectivity index (χ3v) is 11.2. The monoisotopic (exact) mass is 605 g/mol. The van der Waals surface area contributed by atoms with Gasteiger partial charge in [-0.1, -0.05) is 53.1 Å². The van der Waals surface area contributed by atoms with Crippen LogP contribution in [0.4, 0.5) is 39.5 Å². The van der Waals surface area contributed by atoms with Crippen LogP contribution < -0.4 is 0 Å². The van der Waals surface area contributed by atoms with Crippen LogP contribution in [0.3, 0.4) is 0 Å². The maximum absolute atomic E-state index is 14.9. The second-order valence-electron chi connectivity index (χ2n) is 8.73. The minimum absolute atomic E-state index is 0.0777. The fourth-order valence-corrected chi connectivity index (χ4v) is 8.90. The zero-order valence-corrected chi connectivity index (χ0v) is 22.0. The van der Waals surface area contributed by atoms with Gasteiger partial charge in [0.15, 0.2) is 0 Å². The molecule has 3 aromatic rings. The third-order valence-electron chi connectivity index (χ3n) is 5.74. The van der Waals surface area contributed by atoms with Crippen molar-refractivity contribution in [2.45, 2.75) is 58.7 Å². The zero-order valence-electron chi connectivity index (χ0n) is 20.4. The van der Waals surface area contributed by atoms with Crippen molar-refractivity contribution >= 4 is 20.4 Å². The summed E-state index contributed by atoms with van der Waals surface area (Å²) in [5.41, 5.74) is 1.89. The van der Waals surface area contributed by atoms with Crippen LogP contribution >= 0.6 is 10.3 Å². The molecule has 0 spiro atoms. The lowest BCUT2D eigenvalue weighted by Crippen LogP contribution is -2.63. The van der Waals surface area contributed by atoms with E-state index in [0.717, 1.165) is 0 Å².